The van der Waals surface area contributed by atoms with Crippen LogP contribution >= 0.6 is 0 Å². The van der Waals surface area contributed by atoms with Gasteiger partial charge in [-0.3, -0.25) is 4.79 Å². The molecule has 1 atom stereocenters. The average Bonchev–Trinajstić information content (AvgIpc) is 2.99. The maximum atomic E-state index is 12.2. The summed E-state index contributed by atoms with van der Waals surface area (Å²) in [6.07, 6.45) is 6.91. The third kappa shape index (κ3) is 4.45. The second kappa shape index (κ2) is 7.99. The second-order valence-corrected chi connectivity index (χ2v) is 6.35. The number of likely N-dealkylation sites (tertiary alicyclic amines) is 2. The van der Waals surface area contributed by atoms with Crippen molar-refractivity contribution >= 4 is 5.91 Å². The molecule has 20 heavy (non-hydrogen) atoms. The summed E-state index contributed by atoms with van der Waals surface area (Å²) < 4.78 is 0. The van der Waals surface area contributed by atoms with Crippen molar-refractivity contribution in [3.8, 4) is 0 Å². The molecule has 1 amide bonds. The number of carbonyl (C=O) groups is 1. The van der Waals surface area contributed by atoms with Crippen LogP contribution in [0.4, 0.5) is 0 Å². The van der Waals surface area contributed by atoms with Gasteiger partial charge in [-0.2, -0.15) is 0 Å². The van der Waals surface area contributed by atoms with Gasteiger partial charge in [0, 0.05) is 19.5 Å². The highest BCUT2D eigenvalue weighted by Gasteiger charge is 2.26. The summed E-state index contributed by atoms with van der Waals surface area (Å²) in [5.41, 5.74) is 0. The normalized spacial score (nSPS) is 23.2. The molecular weight excluding hydrogens is 252 g/mol. The molecule has 1 N–H and O–H groups in total. The van der Waals surface area contributed by atoms with E-state index in [0.29, 0.717) is 18.2 Å². The van der Waals surface area contributed by atoms with Crippen molar-refractivity contribution < 1.29 is 9.90 Å². The molecule has 0 aliphatic carbocycles. The lowest BCUT2D eigenvalue weighted by Crippen LogP contribution is -2.41. The van der Waals surface area contributed by atoms with Crippen molar-refractivity contribution in [3.63, 3.8) is 0 Å². The van der Waals surface area contributed by atoms with Gasteiger partial charge >= 0.3 is 0 Å². The fourth-order valence-corrected chi connectivity index (χ4v) is 3.49. The molecule has 0 radical (unpaired) electrons. The zero-order valence-corrected chi connectivity index (χ0v) is 12.9. The van der Waals surface area contributed by atoms with Gasteiger partial charge in [0.25, 0.3) is 0 Å². The molecule has 4 heteroatoms. The lowest BCUT2D eigenvalue weighted by molar-refractivity contribution is -0.133. The first kappa shape index (κ1) is 15.8. The average molecular weight is 282 g/mol. The third-order valence-corrected chi connectivity index (χ3v) is 4.92. The number of rotatable bonds is 6. The number of hydrogen-bond acceptors (Lipinski definition) is 3. The van der Waals surface area contributed by atoms with Gasteiger partial charge in [-0.25, -0.2) is 0 Å². The molecule has 2 heterocycles. The number of aliphatic hydroxyl groups is 1. The predicted molar refractivity (Wildman–Crippen MR) is 80.5 cm³/mol. The predicted octanol–water partition coefficient (Wildman–Crippen LogP) is 1.87. The van der Waals surface area contributed by atoms with Crippen LogP contribution in [-0.4, -0.2) is 59.6 Å². The Kier molecular flexibility index (Phi) is 6.30. The summed E-state index contributed by atoms with van der Waals surface area (Å²) in [6.45, 7) is 7.22. The minimum atomic E-state index is -0.178. The third-order valence-electron chi connectivity index (χ3n) is 4.92. The number of aliphatic hydroxyl groups excluding tert-OH is 1. The number of piperidine rings is 1. The molecule has 2 saturated heterocycles. The number of amides is 1. The highest BCUT2D eigenvalue weighted by atomic mass is 16.3. The maximum Gasteiger partial charge on any atom is 0.222 e. The molecule has 2 fully saturated rings. The van der Waals surface area contributed by atoms with E-state index in [9.17, 15) is 9.90 Å². The van der Waals surface area contributed by atoms with Crippen LogP contribution in [0.2, 0.25) is 0 Å². The summed E-state index contributed by atoms with van der Waals surface area (Å²) in [5, 5.41) is 9.86. The van der Waals surface area contributed by atoms with Gasteiger partial charge in [0.15, 0.2) is 0 Å². The fourth-order valence-electron chi connectivity index (χ4n) is 3.49. The lowest BCUT2D eigenvalue weighted by atomic mass is 9.90. The van der Waals surface area contributed by atoms with E-state index < -0.39 is 0 Å². The lowest BCUT2D eigenvalue weighted by Gasteiger charge is -2.34. The van der Waals surface area contributed by atoms with E-state index in [0.717, 1.165) is 45.3 Å². The van der Waals surface area contributed by atoms with Crippen LogP contribution in [0.15, 0.2) is 0 Å². The van der Waals surface area contributed by atoms with Gasteiger partial charge in [0.05, 0.1) is 6.10 Å². The topological polar surface area (TPSA) is 43.8 Å². The molecular formula is C16H30N2O2. The van der Waals surface area contributed by atoms with Crippen molar-refractivity contribution in [3.05, 3.63) is 0 Å². The summed E-state index contributed by atoms with van der Waals surface area (Å²) in [5.74, 6) is 0.710. The first-order valence-corrected chi connectivity index (χ1v) is 8.39. The SMILES string of the molecule is CCC(O)C1CCN(C(=O)CCCN2CCCC2)CC1. The Morgan fingerprint density at radius 2 is 1.85 bits per heavy atom. The zero-order valence-electron chi connectivity index (χ0n) is 12.9. The Morgan fingerprint density at radius 3 is 2.45 bits per heavy atom. The van der Waals surface area contributed by atoms with Gasteiger partial charge < -0.3 is 14.9 Å². The largest absolute Gasteiger partial charge is 0.393 e. The molecule has 2 aliphatic rings. The van der Waals surface area contributed by atoms with Crippen molar-refractivity contribution in [2.45, 2.75) is 58.0 Å². The summed E-state index contributed by atoms with van der Waals surface area (Å²) in [4.78, 5) is 16.6. The molecule has 0 spiro atoms. The quantitative estimate of drug-likeness (QED) is 0.809. The minimum absolute atomic E-state index is 0.178. The van der Waals surface area contributed by atoms with Crippen molar-refractivity contribution in [1.82, 2.24) is 9.80 Å². The summed E-state index contributed by atoms with van der Waals surface area (Å²) in [6, 6.07) is 0. The van der Waals surface area contributed by atoms with E-state index in [1.54, 1.807) is 0 Å². The molecule has 2 rings (SSSR count). The maximum absolute atomic E-state index is 12.2. The Labute approximate surface area is 123 Å². The van der Waals surface area contributed by atoms with Crippen LogP contribution in [-0.2, 0) is 4.79 Å². The molecule has 0 aromatic heterocycles. The Hall–Kier alpha value is -0.610. The fraction of sp³-hybridized carbons (Fsp3) is 0.938. The molecule has 2 aliphatic heterocycles. The Bertz CT molecular complexity index is 295. The zero-order chi connectivity index (χ0) is 14.4. The number of carbonyl (C=O) groups excluding carboxylic acids is 1. The van der Waals surface area contributed by atoms with E-state index in [4.69, 9.17) is 0 Å². The van der Waals surface area contributed by atoms with Crippen LogP contribution in [0.25, 0.3) is 0 Å². The van der Waals surface area contributed by atoms with E-state index in [1.165, 1.54) is 25.9 Å². The Morgan fingerprint density at radius 1 is 1.20 bits per heavy atom. The molecule has 4 nitrogen and oxygen atoms in total. The molecule has 1 unspecified atom stereocenters. The molecule has 0 saturated carbocycles. The van der Waals surface area contributed by atoms with E-state index >= 15 is 0 Å². The number of nitrogens with zero attached hydrogens (tertiary/aromatic N) is 2. The Balaban J connectivity index is 1.61. The van der Waals surface area contributed by atoms with Crippen LogP contribution in [0.5, 0.6) is 0 Å². The van der Waals surface area contributed by atoms with Gasteiger partial charge in [-0.1, -0.05) is 6.92 Å². The van der Waals surface area contributed by atoms with Crippen LogP contribution in [0.3, 0.4) is 0 Å². The van der Waals surface area contributed by atoms with Gasteiger partial charge in [0.1, 0.15) is 0 Å². The van der Waals surface area contributed by atoms with E-state index in [1.807, 2.05) is 11.8 Å². The summed E-state index contributed by atoms with van der Waals surface area (Å²) >= 11 is 0. The van der Waals surface area contributed by atoms with Crippen molar-refractivity contribution in [2.75, 3.05) is 32.7 Å². The van der Waals surface area contributed by atoms with Crippen molar-refractivity contribution in [2.24, 2.45) is 5.92 Å². The first-order chi connectivity index (χ1) is 9.70. The highest BCUT2D eigenvalue weighted by Crippen LogP contribution is 2.23. The summed E-state index contributed by atoms with van der Waals surface area (Å²) in [7, 11) is 0. The standard InChI is InChI=1S/C16H30N2O2/c1-2-15(19)14-7-12-18(13-8-14)16(20)6-5-11-17-9-3-4-10-17/h14-15,19H,2-13H2,1H3. The molecule has 116 valence electrons. The van der Waals surface area contributed by atoms with E-state index in [2.05, 4.69) is 4.90 Å². The first-order valence-electron chi connectivity index (χ1n) is 8.39. The van der Waals surface area contributed by atoms with Gasteiger partial charge in [-0.15, -0.1) is 0 Å². The molecule has 0 bridgehead atoms. The molecule has 0 aromatic rings. The van der Waals surface area contributed by atoms with Crippen molar-refractivity contribution in [1.29, 1.82) is 0 Å². The van der Waals surface area contributed by atoms with Crippen LogP contribution < -0.4 is 0 Å². The molecule has 0 aromatic carbocycles. The minimum Gasteiger partial charge on any atom is -0.393 e. The second-order valence-electron chi connectivity index (χ2n) is 6.35. The van der Waals surface area contributed by atoms with Gasteiger partial charge in [0.2, 0.25) is 5.91 Å². The van der Waals surface area contributed by atoms with E-state index in [-0.39, 0.29) is 6.10 Å². The van der Waals surface area contributed by atoms with Crippen LogP contribution in [0.1, 0.15) is 51.9 Å². The highest BCUT2D eigenvalue weighted by molar-refractivity contribution is 5.76. The monoisotopic (exact) mass is 282 g/mol. The van der Waals surface area contributed by atoms with Gasteiger partial charge in [-0.05, 0) is 64.1 Å². The smallest absolute Gasteiger partial charge is 0.222 e. The van der Waals surface area contributed by atoms with Crippen LogP contribution in [0, 0.1) is 5.92 Å². The number of hydrogen-bond donors (Lipinski definition) is 1.